The van der Waals surface area contributed by atoms with E-state index in [2.05, 4.69) is 0 Å². The fourth-order valence-corrected chi connectivity index (χ4v) is 0.688. The number of hydroxylamine groups is 4. The van der Waals surface area contributed by atoms with Crippen LogP contribution in [0.5, 0.6) is 0 Å². The molecule has 0 aromatic rings. The van der Waals surface area contributed by atoms with E-state index in [1.165, 1.54) is 0 Å². The first kappa shape index (κ1) is 29.6. The maximum Gasteiger partial charge on any atom is 4.00 e. The molecule has 0 fully saturated rings. The van der Waals surface area contributed by atoms with E-state index < -0.39 is 50.1 Å². The number of carbonyl (C=O) groups is 4. The number of carboxylic acids is 4. The molecule has 0 saturated heterocycles. The summed E-state index contributed by atoms with van der Waals surface area (Å²) in [6.45, 7) is -3.80. The first-order chi connectivity index (χ1) is 9.04. The molecule has 0 bridgehead atoms. The number of rotatable bonds is 8. The van der Waals surface area contributed by atoms with E-state index in [1.54, 1.807) is 0 Å². The summed E-state index contributed by atoms with van der Waals surface area (Å²) < 4.78 is 0. The van der Waals surface area contributed by atoms with Crippen LogP contribution in [-0.4, -0.2) is 97.9 Å². The number of nitrogens with zero attached hydrogens (tertiary/aromatic N) is 2. The van der Waals surface area contributed by atoms with Crippen LogP contribution < -0.4 is 20.4 Å². The smallest absolute Gasteiger partial charge is 0.785 e. The molecule has 1 radical (unpaired) electrons. The molecule has 0 aromatic carbocycles. The van der Waals surface area contributed by atoms with Crippen molar-refractivity contribution in [3.63, 3.8) is 0 Å². The molecule has 0 rings (SSSR count). The summed E-state index contributed by atoms with van der Waals surface area (Å²) in [5.74, 6) is -6.46. The third kappa shape index (κ3) is 27.8. The van der Waals surface area contributed by atoms with Gasteiger partial charge in [-0.05, 0) is 0 Å². The third-order valence-corrected chi connectivity index (χ3v) is 1.22. The van der Waals surface area contributed by atoms with E-state index in [4.69, 9.17) is 0 Å². The van der Waals surface area contributed by atoms with Gasteiger partial charge in [0.15, 0.2) is 0 Å². The van der Waals surface area contributed by atoms with Crippen molar-refractivity contribution in [3.05, 3.63) is 10.4 Å². The van der Waals surface area contributed by atoms with E-state index in [0.29, 0.717) is 0 Å². The fraction of sp³-hybridized carbons (Fsp3) is 0.500. The van der Waals surface area contributed by atoms with Gasteiger partial charge in [-0.15, -0.1) is 0 Å². The average molecular weight is 383 g/mol. The second-order valence-electron chi connectivity index (χ2n) is 3.08. The molecule has 0 saturated carbocycles. The summed E-state index contributed by atoms with van der Waals surface area (Å²) in [5, 5.41) is 58.4. The van der Waals surface area contributed by atoms with E-state index in [-0.39, 0.29) is 66.4 Å². The summed E-state index contributed by atoms with van der Waals surface area (Å²) in [5.41, 5.74) is 0. The Bertz CT molecular complexity index is 303. The second-order valence-corrected chi connectivity index (χ2v) is 3.08. The molecule has 0 atom stereocenters. The Kier molecular flexibility index (Phi) is 22.7. The van der Waals surface area contributed by atoms with Crippen molar-refractivity contribution in [1.82, 2.24) is 10.1 Å². The molecule has 0 heterocycles. The second kappa shape index (κ2) is 16.9. The summed E-state index contributed by atoms with van der Waals surface area (Å²) >= 11 is 0. The van der Waals surface area contributed by atoms with Crippen molar-refractivity contribution in [2.45, 2.75) is 0 Å². The zero-order valence-corrected chi connectivity index (χ0v) is 14.6. The minimum atomic E-state index is -1.61. The van der Waals surface area contributed by atoms with Crippen LogP contribution >= 0.6 is 0 Å². The van der Waals surface area contributed by atoms with Gasteiger partial charge < -0.3 is 60.1 Å². The Morgan fingerprint density at radius 2 is 0.727 bits per heavy atom. The molecule has 12 nitrogen and oxygen atoms in total. The normalized spacial score (nSPS) is 8.91. The predicted molar refractivity (Wildman–Crippen MR) is 55.7 cm³/mol. The van der Waals surface area contributed by atoms with Gasteiger partial charge in [-0.2, -0.15) is 0 Å². The number of carbonyl (C=O) groups excluding carboxylic acids is 4. The maximum atomic E-state index is 10.1. The Morgan fingerprint density at radius 1 is 0.591 bits per heavy atom. The molecule has 0 aliphatic rings. The maximum absolute atomic E-state index is 10.1. The molecular weight excluding hydrogens is 375 g/mol. The van der Waals surface area contributed by atoms with Crippen LogP contribution in [0.2, 0.25) is 0 Å². The number of carboxylic acid groups (broad SMARTS) is 4. The first-order valence-corrected chi connectivity index (χ1v) is 4.68. The van der Waals surface area contributed by atoms with E-state index >= 15 is 0 Å². The molecule has 0 aliphatic carbocycles. The van der Waals surface area contributed by atoms with Crippen molar-refractivity contribution >= 4 is 61.6 Å². The van der Waals surface area contributed by atoms with Gasteiger partial charge >= 0.3 is 56.3 Å². The number of aliphatic carboxylic acids is 4. The molecule has 117 valence electrons. The minimum Gasteiger partial charge on any atom is -0.785 e. The first-order valence-electron chi connectivity index (χ1n) is 4.68. The van der Waals surface area contributed by atoms with Gasteiger partial charge in [-0.25, -0.2) is 0 Å². The molecular formula is C8H8CaN2O10V. The molecule has 0 spiro atoms. The van der Waals surface area contributed by atoms with Crippen LogP contribution in [0, 0.1) is 10.4 Å². The standard InChI is InChI=1S/2C4H6NO5.Ca.V/c2*6-3(7)1-5(10)2-4(8)9;;/h2*1-2H2,(H,6,7)(H,8,9);;/q2*-1;+2;+4/p-4. The molecule has 0 aromatic heterocycles. The molecule has 0 amide bonds. The zero-order valence-electron chi connectivity index (χ0n) is 11.0. The van der Waals surface area contributed by atoms with Crippen LogP contribution in [0.3, 0.4) is 0 Å². The van der Waals surface area contributed by atoms with Crippen LogP contribution in [0.1, 0.15) is 0 Å². The topological polar surface area (TPSA) is 213 Å². The van der Waals surface area contributed by atoms with Gasteiger partial charge in [0.2, 0.25) is 0 Å². The van der Waals surface area contributed by atoms with Gasteiger partial charge in [0.25, 0.3) is 0 Å². The Morgan fingerprint density at radius 3 is 0.818 bits per heavy atom. The molecule has 14 heteroatoms. The van der Waals surface area contributed by atoms with E-state index in [0.717, 1.165) is 0 Å². The minimum absolute atomic E-state index is 0. The van der Waals surface area contributed by atoms with Gasteiger partial charge in [0.1, 0.15) is 0 Å². The predicted octanol–water partition coefficient (Wildman–Crippen LogP) is -7.81. The van der Waals surface area contributed by atoms with Crippen molar-refractivity contribution in [2.24, 2.45) is 0 Å². The van der Waals surface area contributed by atoms with Crippen molar-refractivity contribution < 1.29 is 58.2 Å². The monoisotopic (exact) mass is 383 g/mol. The van der Waals surface area contributed by atoms with Crippen molar-refractivity contribution in [1.29, 1.82) is 0 Å². The fourth-order valence-electron chi connectivity index (χ4n) is 0.688. The largest absolute Gasteiger partial charge is 4.00 e. The van der Waals surface area contributed by atoms with Crippen LogP contribution in [0.4, 0.5) is 0 Å². The van der Waals surface area contributed by atoms with Gasteiger partial charge in [-0.3, -0.25) is 0 Å². The summed E-state index contributed by atoms with van der Waals surface area (Å²) in [7, 11) is 0. The van der Waals surface area contributed by atoms with Crippen LogP contribution in [0.15, 0.2) is 0 Å². The Labute approximate surface area is 165 Å². The van der Waals surface area contributed by atoms with E-state index in [1.807, 2.05) is 0 Å². The zero-order chi connectivity index (χ0) is 16.3. The van der Waals surface area contributed by atoms with E-state index in [9.17, 15) is 50.0 Å². The van der Waals surface area contributed by atoms with Crippen LogP contribution in [0.25, 0.3) is 0 Å². The average Bonchev–Trinajstić information content (AvgIpc) is 2.11. The van der Waals surface area contributed by atoms with Gasteiger partial charge in [-0.1, -0.05) is 0 Å². The SMILES string of the molecule is O=C([O-])CN([O-])CC(=O)[O-].O=C([O-])CN([O-])CC(=O)[O-].[Ca+2].[V+4]. The summed E-state index contributed by atoms with van der Waals surface area (Å²) in [4.78, 5) is 38.5. The van der Waals surface area contributed by atoms with Crippen LogP contribution in [-0.2, 0) is 37.7 Å². The summed E-state index contributed by atoms with van der Waals surface area (Å²) in [6.07, 6.45) is 0. The Hall–Kier alpha value is -0.436. The number of hydrogen-bond acceptors (Lipinski definition) is 12. The number of hydrogen-bond donors (Lipinski definition) is 0. The van der Waals surface area contributed by atoms with Gasteiger partial charge in [0, 0.05) is 26.2 Å². The van der Waals surface area contributed by atoms with Crippen molar-refractivity contribution in [3.8, 4) is 0 Å². The molecule has 0 unspecified atom stereocenters. The van der Waals surface area contributed by atoms with Crippen molar-refractivity contribution in [2.75, 3.05) is 26.2 Å². The van der Waals surface area contributed by atoms with Gasteiger partial charge in [0.05, 0.1) is 23.9 Å². The molecule has 0 N–H and O–H groups in total. The molecule has 22 heavy (non-hydrogen) atoms. The third-order valence-electron chi connectivity index (χ3n) is 1.22. The molecule has 0 aliphatic heterocycles. The Balaban J connectivity index is -0.000000135. The summed E-state index contributed by atoms with van der Waals surface area (Å²) in [6, 6.07) is 0. The quantitative estimate of drug-likeness (QED) is 0.282.